The van der Waals surface area contributed by atoms with Crippen LogP contribution in [0.3, 0.4) is 0 Å². The first-order valence-electron chi connectivity index (χ1n) is 15.8. The number of para-hydroxylation sites is 2. The minimum atomic E-state index is 0.788. The summed E-state index contributed by atoms with van der Waals surface area (Å²) in [6.07, 6.45) is 0. The van der Waals surface area contributed by atoms with E-state index >= 15 is 0 Å². The third kappa shape index (κ3) is 4.84. The van der Waals surface area contributed by atoms with E-state index in [0.29, 0.717) is 0 Å². The number of rotatable bonds is 5. The second kappa shape index (κ2) is 11.2. The maximum atomic E-state index is 5.17. The second-order valence-corrected chi connectivity index (χ2v) is 11.7. The Balaban J connectivity index is 1.31. The van der Waals surface area contributed by atoms with Gasteiger partial charge in [-0.3, -0.25) is 4.57 Å². The molecule has 0 aliphatic heterocycles. The number of aromatic nitrogens is 4. The highest BCUT2D eigenvalue weighted by atomic mass is 15.1. The highest BCUT2D eigenvalue weighted by Gasteiger charge is 2.19. The highest BCUT2D eigenvalue weighted by Crippen LogP contribution is 2.37. The zero-order chi connectivity index (χ0) is 31.2. The molecule has 0 radical (unpaired) electrons. The van der Waals surface area contributed by atoms with E-state index in [2.05, 4.69) is 132 Å². The molecule has 47 heavy (non-hydrogen) atoms. The van der Waals surface area contributed by atoms with E-state index in [1.54, 1.807) is 0 Å². The van der Waals surface area contributed by atoms with Crippen molar-refractivity contribution in [1.29, 1.82) is 0 Å². The fourth-order valence-electron chi connectivity index (χ4n) is 6.48. The van der Waals surface area contributed by atoms with Gasteiger partial charge >= 0.3 is 0 Å². The van der Waals surface area contributed by atoms with Crippen molar-refractivity contribution in [3.05, 3.63) is 170 Å². The van der Waals surface area contributed by atoms with Crippen LogP contribution in [0, 0.1) is 0 Å². The van der Waals surface area contributed by atoms with Crippen molar-refractivity contribution in [2.75, 3.05) is 0 Å². The van der Waals surface area contributed by atoms with E-state index in [0.717, 1.165) is 61.3 Å². The molecule has 0 unspecified atom stereocenters. The van der Waals surface area contributed by atoms with Crippen LogP contribution in [0.1, 0.15) is 0 Å². The molecule has 0 atom stereocenters. The predicted molar refractivity (Wildman–Crippen MR) is 193 cm³/mol. The van der Waals surface area contributed by atoms with Gasteiger partial charge in [0.25, 0.3) is 0 Å². The van der Waals surface area contributed by atoms with Gasteiger partial charge in [0.05, 0.1) is 22.2 Å². The minimum Gasteiger partial charge on any atom is -0.276 e. The first-order valence-corrected chi connectivity index (χ1v) is 15.8. The van der Waals surface area contributed by atoms with Gasteiger partial charge in [-0.25, -0.2) is 15.0 Å². The predicted octanol–water partition coefficient (Wildman–Crippen LogP) is 10.8. The standard InChI is InChI=1S/C43H28N4/c1-4-13-29(14-5-1)33-25-34(30-15-6-2-7-16-30)27-35(26-33)32-23-24-36-40(28-32)47(43-42(36)45-38-19-10-11-20-39(38)46-43)41-22-12-21-37(44-41)31-17-8-3-9-18-31/h1-28H. The molecule has 0 aliphatic rings. The molecule has 0 fully saturated rings. The summed E-state index contributed by atoms with van der Waals surface area (Å²) in [5, 5.41) is 1.04. The zero-order valence-electron chi connectivity index (χ0n) is 25.5. The molecule has 6 aromatic carbocycles. The van der Waals surface area contributed by atoms with Gasteiger partial charge in [-0.15, -0.1) is 0 Å². The van der Waals surface area contributed by atoms with Gasteiger partial charge in [0.2, 0.25) is 0 Å². The van der Waals surface area contributed by atoms with Crippen LogP contribution >= 0.6 is 0 Å². The second-order valence-electron chi connectivity index (χ2n) is 11.7. The summed E-state index contributed by atoms with van der Waals surface area (Å²) in [6, 6.07) is 59.2. The quantitative estimate of drug-likeness (QED) is 0.197. The monoisotopic (exact) mass is 600 g/mol. The maximum absolute atomic E-state index is 5.17. The first-order chi connectivity index (χ1) is 23.3. The number of nitrogens with zero attached hydrogens (tertiary/aromatic N) is 4. The summed E-state index contributed by atoms with van der Waals surface area (Å²) in [4.78, 5) is 15.5. The van der Waals surface area contributed by atoms with Crippen LogP contribution in [-0.2, 0) is 0 Å². The average Bonchev–Trinajstić information content (AvgIpc) is 3.47. The Hall–Kier alpha value is -6.39. The molecular formula is C43H28N4. The van der Waals surface area contributed by atoms with Crippen molar-refractivity contribution in [2.24, 2.45) is 0 Å². The molecular weight excluding hydrogens is 573 g/mol. The fourth-order valence-corrected chi connectivity index (χ4v) is 6.48. The fraction of sp³-hybridized carbons (Fsp3) is 0. The molecule has 0 saturated heterocycles. The third-order valence-corrected chi connectivity index (χ3v) is 8.77. The lowest BCUT2D eigenvalue weighted by Crippen LogP contribution is -2.00. The lowest BCUT2D eigenvalue weighted by Gasteiger charge is -2.12. The van der Waals surface area contributed by atoms with Gasteiger partial charge in [-0.1, -0.05) is 115 Å². The van der Waals surface area contributed by atoms with Crippen LogP contribution in [0.5, 0.6) is 0 Å². The number of fused-ring (bicyclic) bond motifs is 4. The SMILES string of the molecule is c1ccc(-c2cc(-c3ccccc3)cc(-c3ccc4c5nc6ccccc6nc5n(-c5cccc(-c6ccccc6)n5)c4c3)c2)cc1. The van der Waals surface area contributed by atoms with Gasteiger partial charge < -0.3 is 0 Å². The van der Waals surface area contributed by atoms with Crippen molar-refractivity contribution < 1.29 is 0 Å². The maximum Gasteiger partial charge on any atom is 0.166 e. The molecule has 9 rings (SSSR count). The van der Waals surface area contributed by atoms with Crippen LogP contribution in [0.2, 0.25) is 0 Å². The van der Waals surface area contributed by atoms with E-state index in [1.807, 2.05) is 42.5 Å². The van der Waals surface area contributed by atoms with Crippen LogP contribution in [0.15, 0.2) is 170 Å². The van der Waals surface area contributed by atoms with E-state index < -0.39 is 0 Å². The normalized spacial score (nSPS) is 11.4. The van der Waals surface area contributed by atoms with Crippen molar-refractivity contribution in [3.63, 3.8) is 0 Å². The minimum absolute atomic E-state index is 0.788. The summed E-state index contributed by atoms with van der Waals surface area (Å²) in [5.41, 5.74) is 13.3. The molecule has 4 nitrogen and oxygen atoms in total. The Labute approximate surface area is 272 Å². The van der Waals surface area contributed by atoms with Crippen LogP contribution in [-0.4, -0.2) is 19.5 Å². The van der Waals surface area contributed by atoms with Gasteiger partial charge in [-0.2, -0.15) is 0 Å². The van der Waals surface area contributed by atoms with Gasteiger partial charge in [0.1, 0.15) is 11.3 Å². The molecule has 3 heterocycles. The molecule has 4 heteroatoms. The number of pyridine rings is 1. The highest BCUT2D eigenvalue weighted by molar-refractivity contribution is 6.08. The molecule has 9 aromatic rings. The molecule has 0 aliphatic carbocycles. The Morgan fingerprint density at radius 2 is 0.915 bits per heavy atom. The first kappa shape index (κ1) is 27.0. The lowest BCUT2D eigenvalue weighted by atomic mass is 9.93. The number of hydrogen-bond donors (Lipinski definition) is 0. The van der Waals surface area contributed by atoms with Crippen molar-refractivity contribution in [2.45, 2.75) is 0 Å². The smallest absolute Gasteiger partial charge is 0.166 e. The van der Waals surface area contributed by atoms with E-state index in [-0.39, 0.29) is 0 Å². The summed E-state index contributed by atoms with van der Waals surface area (Å²) in [5.74, 6) is 0.802. The molecule has 0 amide bonds. The lowest BCUT2D eigenvalue weighted by molar-refractivity contribution is 1.06. The number of hydrogen-bond acceptors (Lipinski definition) is 3. The van der Waals surface area contributed by atoms with Crippen molar-refractivity contribution >= 4 is 33.1 Å². The molecule has 3 aromatic heterocycles. The van der Waals surface area contributed by atoms with Crippen molar-refractivity contribution in [1.82, 2.24) is 19.5 Å². The molecule has 220 valence electrons. The molecule has 0 bridgehead atoms. The van der Waals surface area contributed by atoms with Gasteiger partial charge in [0.15, 0.2) is 5.65 Å². The van der Waals surface area contributed by atoms with Crippen LogP contribution in [0.4, 0.5) is 0 Å². The largest absolute Gasteiger partial charge is 0.276 e. The Morgan fingerprint density at radius 1 is 0.362 bits per heavy atom. The Bertz CT molecular complexity index is 2500. The average molecular weight is 601 g/mol. The van der Waals surface area contributed by atoms with Gasteiger partial charge in [0, 0.05) is 10.9 Å². The Morgan fingerprint density at radius 3 is 1.55 bits per heavy atom. The summed E-state index contributed by atoms with van der Waals surface area (Å²) in [7, 11) is 0. The van der Waals surface area contributed by atoms with E-state index in [9.17, 15) is 0 Å². The molecule has 0 spiro atoms. The third-order valence-electron chi connectivity index (χ3n) is 8.77. The summed E-state index contributed by atoms with van der Waals surface area (Å²) >= 11 is 0. The number of benzene rings is 6. The van der Waals surface area contributed by atoms with E-state index in [4.69, 9.17) is 15.0 Å². The summed E-state index contributed by atoms with van der Waals surface area (Å²) < 4.78 is 2.17. The molecule has 0 N–H and O–H groups in total. The molecule has 0 saturated carbocycles. The van der Waals surface area contributed by atoms with Crippen LogP contribution < -0.4 is 0 Å². The van der Waals surface area contributed by atoms with Crippen molar-refractivity contribution in [3.8, 4) is 50.5 Å². The van der Waals surface area contributed by atoms with E-state index in [1.165, 1.54) is 22.3 Å². The Kier molecular flexibility index (Phi) is 6.43. The zero-order valence-corrected chi connectivity index (χ0v) is 25.5. The van der Waals surface area contributed by atoms with Crippen LogP contribution in [0.25, 0.3) is 83.6 Å². The topological polar surface area (TPSA) is 43.6 Å². The van der Waals surface area contributed by atoms with Gasteiger partial charge in [-0.05, 0) is 88.0 Å². The summed E-state index contributed by atoms with van der Waals surface area (Å²) in [6.45, 7) is 0.